The van der Waals surface area contributed by atoms with Gasteiger partial charge in [-0.1, -0.05) is 11.6 Å². The van der Waals surface area contributed by atoms with Gasteiger partial charge in [0.2, 0.25) is 0 Å². The maximum Gasteiger partial charge on any atom is 0.422 e. The van der Waals surface area contributed by atoms with Gasteiger partial charge in [0.25, 0.3) is 0 Å². The molecule has 2 nitrogen and oxygen atoms in total. The van der Waals surface area contributed by atoms with Crippen molar-refractivity contribution in [3.05, 3.63) is 28.3 Å². The molecule has 3 N–H and O–H groups in total. The number of anilines is 1. The van der Waals surface area contributed by atoms with Crippen molar-refractivity contribution in [3.8, 4) is 0 Å². The quantitative estimate of drug-likeness (QED) is 0.346. The van der Waals surface area contributed by atoms with Crippen LogP contribution in [0.2, 0.25) is 5.02 Å². The first-order valence-corrected chi connectivity index (χ1v) is 3.88. The average Bonchev–Trinajstić information content (AvgIpc) is 2.09. The van der Waals surface area contributed by atoms with Crippen LogP contribution in [0.25, 0.3) is 0 Å². The molecule has 0 amide bonds. The number of hydrogen-bond donors (Lipinski definition) is 2. The molecule has 0 atom stereocenters. The molecular weight excluding hydrogens is 243 g/mol. The van der Waals surface area contributed by atoms with Crippen LogP contribution in [-0.4, -0.2) is 0 Å². The predicted octanol–water partition coefficient (Wildman–Crippen LogP) is 2.92. The Bertz CT molecular complexity index is 390. The van der Waals surface area contributed by atoms with E-state index in [0.29, 0.717) is 6.07 Å². The van der Waals surface area contributed by atoms with Crippen LogP contribution < -0.4 is 11.3 Å². The van der Waals surface area contributed by atoms with Crippen molar-refractivity contribution < 1.29 is 22.0 Å². The van der Waals surface area contributed by atoms with E-state index in [0.717, 1.165) is 0 Å². The zero-order valence-corrected chi connectivity index (χ0v) is 7.68. The zero-order valence-electron chi connectivity index (χ0n) is 6.92. The normalized spacial score (nSPS) is 11.7. The van der Waals surface area contributed by atoms with Crippen LogP contribution in [0.4, 0.5) is 27.6 Å². The molecule has 0 unspecified atom stereocenters. The maximum absolute atomic E-state index is 13.0. The van der Waals surface area contributed by atoms with Crippen LogP contribution >= 0.6 is 11.6 Å². The average molecular weight is 247 g/mol. The van der Waals surface area contributed by atoms with E-state index in [2.05, 4.69) is 0 Å². The number of halogens is 6. The fourth-order valence-corrected chi connectivity index (χ4v) is 1.16. The Morgan fingerprint density at radius 3 is 2.20 bits per heavy atom. The topological polar surface area (TPSA) is 38.0 Å². The van der Waals surface area contributed by atoms with Crippen LogP contribution in [0, 0.1) is 11.6 Å². The van der Waals surface area contributed by atoms with Crippen molar-refractivity contribution in [2.45, 2.75) is 6.18 Å². The lowest BCUT2D eigenvalue weighted by molar-refractivity contribution is -0.142. The molecule has 84 valence electrons. The summed E-state index contributed by atoms with van der Waals surface area (Å²) >= 11 is 5.19. The van der Waals surface area contributed by atoms with E-state index in [-0.39, 0.29) is 0 Å². The first-order chi connectivity index (χ1) is 6.79. The predicted molar refractivity (Wildman–Crippen MR) is 44.2 cm³/mol. The number of hydrogen-bond acceptors (Lipinski definition) is 2. The molecule has 0 spiro atoms. The van der Waals surface area contributed by atoms with Gasteiger partial charge < -0.3 is 5.43 Å². The summed E-state index contributed by atoms with van der Waals surface area (Å²) in [7, 11) is 0. The van der Waals surface area contributed by atoms with Gasteiger partial charge in [-0.2, -0.15) is 13.2 Å². The summed E-state index contributed by atoms with van der Waals surface area (Å²) in [4.78, 5) is 0. The number of hydrazine groups is 1. The maximum atomic E-state index is 13.0. The third-order valence-corrected chi connectivity index (χ3v) is 1.97. The molecule has 0 aliphatic carbocycles. The Hall–Kier alpha value is -1.08. The lowest BCUT2D eigenvalue weighted by Gasteiger charge is -2.12. The number of nitrogens with two attached hydrogens (primary N) is 1. The first-order valence-electron chi connectivity index (χ1n) is 3.50. The van der Waals surface area contributed by atoms with Crippen LogP contribution in [0.1, 0.15) is 5.56 Å². The Balaban J connectivity index is 3.50. The molecule has 0 saturated heterocycles. The van der Waals surface area contributed by atoms with Crippen LogP contribution in [-0.2, 0) is 6.18 Å². The van der Waals surface area contributed by atoms with Gasteiger partial charge in [-0.05, 0) is 0 Å². The Morgan fingerprint density at radius 1 is 1.27 bits per heavy atom. The van der Waals surface area contributed by atoms with Gasteiger partial charge >= 0.3 is 6.18 Å². The molecule has 0 bridgehead atoms. The third-order valence-electron chi connectivity index (χ3n) is 1.60. The van der Waals surface area contributed by atoms with Crippen molar-refractivity contribution in [2.24, 2.45) is 5.84 Å². The second kappa shape index (κ2) is 3.82. The smallest absolute Gasteiger partial charge is 0.323 e. The highest BCUT2D eigenvalue weighted by atomic mass is 35.5. The number of alkyl halides is 3. The fraction of sp³-hybridized carbons (Fsp3) is 0.143. The largest absolute Gasteiger partial charge is 0.422 e. The van der Waals surface area contributed by atoms with Gasteiger partial charge in [0.05, 0.1) is 5.69 Å². The number of nitrogen functional groups attached to an aromatic ring is 1. The molecule has 0 aliphatic heterocycles. The second-order valence-electron chi connectivity index (χ2n) is 2.55. The molecule has 0 aliphatic rings. The minimum atomic E-state index is -5.15. The van der Waals surface area contributed by atoms with E-state index in [4.69, 9.17) is 17.4 Å². The Morgan fingerprint density at radius 2 is 1.80 bits per heavy atom. The van der Waals surface area contributed by atoms with Gasteiger partial charge in [0.1, 0.15) is 16.4 Å². The van der Waals surface area contributed by atoms with Crippen LogP contribution in [0.15, 0.2) is 6.07 Å². The summed E-state index contributed by atoms with van der Waals surface area (Å²) in [5.74, 6) is 1.13. The van der Waals surface area contributed by atoms with E-state index < -0.39 is 34.1 Å². The molecule has 15 heavy (non-hydrogen) atoms. The van der Waals surface area contributed by atoms with Crippen molar-refractivity contribution in [1.29, 1.82) is 0 Å². The molecule has 1 rings (SSSR count). The van der Waals surface area contributed by atoms with Crippen molar-refractivity contribution in [3.63, 3.8) is 0 Å². The van der Waals surface area contributed by atoms with E-state index >= 15 is 0 Å². The molecule has 8 heteroatoms. The van der Waals surface area contributed by atoms with Crippen molar-refractivity contribution in [1.82, 2.24) is 0 Å². The Kier molecular flexibility index (Phi) is 3.05. The highest BCUT2D eigenvalue weighted by Crippen LogP contribution is 2.38. The summed E-state index contributed by atoms with van der Waals surface area (Å²) in [6, 6.07) is 0.369. The molecule has 0 heterocycles. The van der Waals surface area contributed by atoms with Gasteiger partial charge in [-0.25, -0.2) is 8.78 Å². The van der Waals surface area contributed by atoms with E-state index in [1.54, 1.807) is 5.43 Å². The van der Waals surface area contributed by atoms with Gasteiger partial charge in [0, 0.05) is 6.07 Å². The standard InChI is InChI=1S/C7H4ClF5N2/c8-5-3(15-14)1-2(9)4(6(5)10)7(11,12)13/h1,15H,14H2. The third kappa shape index (κ3) is 2.13. The summed E-state index contributed by atoms with van der Waals surface area (Å²) in [5, 5.41) is -0.911. The van der Waals surface area contributed by atoms with E-state index in [1.165, 1.54) is 0 Å². The van der Waals surface area contributed by atoms with Crippen molar-refractivity contribution >= 4 is 17.3 Å². The summed E-state index contributed by atoms with van der Waals surface area (Å²) in [6.45, 7) is 0. The highest BCUT2D eigenvalue weighted by molar-refractivity contribution is 6.33. The molecular formula is C7H4ClF5N2. The molecule has 1 aromatic carbocycles. The molecule has 0 fully saturated rings. The molecule has 0 saturated carbocycles. The van der Waals surface area contributed by atoms with Crippen LogP contribution in [0.3, 0.4) is 0 Å². The number of benzene rings is 1. The Labute approximate surface area is 85.8 Å². The van der Waals surface area contributed by atoms with Crippen molar-refractivity contribution in [2.75, 3.05) is 5.43 Å². The second-order valence-corrected chi connectivity index (χ2v) is 2.93. The zero-order chi connectivity index (χ0) is 11.8. The number of nitrogens with one attached hydrogen (secondary N) is 1. The summed E-state index contributed by atoms with van der Waals surface area (Å²) in [5.41, 5.74) is -0.718. The lowest BCUT2D eigenvalue weighted by atomic mass is 10.1. The lowest BCUT2D eigenvalue weighted by Crippen LogP contribution is -2.15. The number of rotatable bonds is 1. The minimum absolute atomic E-state index is 0.369. The highest BCUT2D eigenvalue weighted by Gasteiger charge is 2.39. The van der Waals surface area contributed by atoms with E-state index in [1.807, 2.05) is 0 Å². The van der Waals surface area contributed by atoms with E-state index in [9.17, 15) is 22.0 Å². The van der Waals surface area contributed by atoms with Gasteiger partial charge in [-0.3, -0.25) is 5.84 Å². The van der Waals surface area contributed by atoms with Gasteiger partial charge in [0.15, 0.2) is 5.82 Å². The first kappa shape index (κ1) is 12.0. The minimum Gasteiger partial charge on any atom is -0.323 e. The monoisotopic (exact) mass is 246 g/mol. The molecule has 1 aromatic rings. The molecule has 0 radical (unpaired) electrons. The summed E-state index contributed by atoms with van der Waals surface area (Å²) < 4.78 is 62.3. The SMILES string of the molecule is NNc1cc(F)c(C(F)(F)F)c(F)c1Cl. The van der Waals surface area contributed by atoms with Gasteiger partial charge in [-0.15, -0.1) is 0 Å². The molecule has 0 aromatic heterocycles. The summed E-state index contributed by atoms with van der Waals surface area (Å²) in [6.07, 6.45) is -5.15. The fourth-order valence-electron chi connectivity index (χ4n) is 0.960. The van der Waals surface area contributed by atoms with Crippen LogP contribution in [0.5, 0.6) is 0 Å².